The third-order valence-corrected chi connectivity index (χ3v) is 2.78. The number of rotatable bonds is 1. The van der Waals surface area contributed by atoms with Crippen LogP contribution in [0.4, 0.5) is 17.6 Å². The van der Waals surface area contributed by atoms with Crippen molar-refractivity contribution < 1.29 is 17.6 Å². The molecule has 1 N–H and O–H groups in total. The van der Waals surface area contributed by atoms with Crippen LogP contribution < -0.4 is 0 Å². The molecule has 0 spiro atoms. The Morgan fingerprint density at radius 3 is 2.44 bits per heavy atom. The van der Waals surface area contributed by atoms with Gasteiger partial charge in [-0.25, -0.2) is 4.39 Å². The normalized spacial score (nSPS) is 11.8. The molecule has 1 heterocycles. The van der Waals surface area contributed by atoms with Crippen molar-refractivity contribution in [3.8, 4) is 5.69 Å². The van der Waals surface area contributed by atoms with Gasteiger partial charge >= 0.3 is 6.18 Å². The fraction of sp³-hybridized carbons (Fsp3) is 0.182. The average molecular weight is 276 g/mol. The number of nitrogens with one attached hydrogen (secondary N) is 1. The van der Waals surface area contributed by atoms with E-state index in [1.54, 1.807) is 6.92 Å². The number of aromatic nitrogens is 2. The highest BCUT2D eigenvalue weighted by atomic mass is 32.1. The summed E-state index contributed by atoms with van der Waals surface area (Å²) in [7, 11) is 0. The number of hydrogen-bond acceptors (Lipinski definition) is 1. The second-order valence-corrected chi connectivity index (χ2v) is 4.12. The van der Waals surface area contributed by atoms with E-state index in [0.717, 1.165) is 12.1 Å². The highest BCUT2D eigenvalue weighted by molar-refractivity contribution is 7.71. The lowest BCUT2D eigenvalue weighted by molar-refractivity contribution is -0.137. The standard InChI is InChI=1S/C11H8F4N2S/c1-6-5-16-10(18)17(6)9-4-7(11(13,14)15)2-3-8(9)12/h2-5H,1H3,(H,16,18). The second kappa shape index (κ2) is 4.24. The van der Waals surface area contributed by atoms with Gasteiger partial charge in [-0.15, -0.1) is 0 Å². The summed E-state index contributed by atoms with van der Waals surface area (Å²) >= 11 is 4.91. The van der Waals surface area contributed by atoms with Crippen LogP contribution >= 0.6 is 12.2 Å². The van der Waals surface area contributed by atoms with Gasteiger partial charge in [0.2, 0.25) is 0 Å². The molecule has 0 bridgehead atoms. The van der Waals surface area contributed by atoms with E-state index in [1.807, 2.05) is 0 Å². The molecule has 7 heteroatoms. The Morgan fingerprint density at radius 2 is 1.94 bits per heavy atom. The minimum Gasteiger partial charge on any atom is -0.337 e. The van der Waals surface area contributed by atoms with Gasteiger partial charge in [-0.3, -0.25) is 4.57 Å². The van der Waals surface area contributed by atoms with E-state index in [9.17, 15) is 17.6 Å². The van der Waals surface area contributed by atoms with E-state index in [1.165, 1.54) is 10.8 Å². The first-order valence-corrected chi connectivity index (χ1v) is 5.35. The zero-order chi connectivity index (χ0) is 13.5. The Balaban J connectivity index is 2.69. The van der Waals surface area contributed by atoms with Crippen molar-refractivity contribution in [3.05, 3.63) is 46.2 Å². The number of aryl methyl sites for hydroxylation is 1. The molecule has 0 fully saturated rings. The summed E-state index contributed by atoms with van der Waals surface area (Å²) in [4.78, 5) is 2.65. The summed E-state index contributed by atoms with van der Waals surface area (Å²) < 4.78 is 52.7. The molecule has 0 radical (unpaired) electrons. The lowest BCUT2D eigenvalue weighted by Crippen LogP contribution is -2.08. The van der Waals surface area contributed by atoms with E-state index in [0.29, 0.717) is 11.8 Å². The highest BCUT2D eigenvalue weighted by Crippen LogP contribution is 2.31. The van der Waals surface area contributed by atoms with Gasteiger partial charge in [0.05, 0.1) is 11.3 Å². The van der Waals surface area contributed by atoms with Gasteiger partial charge in [0.15, 0.2) is 4.77 Å². The van der Waals surface area contributed by atoms with Crippen LogP contribution in [0.15, 0.2) is 24.4 Å². The Morgan fingerprint density at radius 1 is 1.28 bits per heavy atom. The summed E-state index contributed by atoms with van der Waals surface area (Å²) in [5.74, 6) is -0.762. The van der Waals surface area contributed by atoms with Crippen molar-refractivity contribution in [2.45, 2.75) is 13.1 Å². The minimum absolute atomic E-state index is 0.144. The minimum atomic E-state index is -4.52. The fourth-order valence-corrected chi connectivity index (χ4v) is 1.92. The van der Waals surface area contributed by atoms with E-state index < -0.39 is 17.6 Å². The van der Waals surface area contributed by atoms with Crippen LogP contribution in [0.3, 0.4) is 0 Å². The molecule has 18 heavy (non-hydrogen) atoms. The molecule has 1 aromatic carbocycles. The number of hydrogen-bond donors (Lipinski definition) is 1. The number of H-pyrrole nitrogens is 1. The molecule has 2 aromatic rings. The number of alkyl halides is 3. The van der Waals surface area contributed by atoms with Crippen LogP contribution in [0.25, 0.3) is 5.69 Å². The number of nitrogens with zero attached hydrogens (tertiary/aromatic N) is 1. The van der Waals surface area contributed by atoms with Crippen LogP contribution in [-0.4, -0.2) is 9.55 Å². The molecule has 0 saturated carbocycles. The number of aromatic amines is 1. The van der Waals surface area contributed by atoms with E-state index in [-0.39, 0.29) is 10.5 Å². The summed E-state index contributed by atoms with van der Waals surface area (Å²) in [5, 5.41) is 0. The van der Waals surface area contributed by atoms with Crippen LogP contribution in [0.1, 0.15) is 11.3 Å². The Kier molecular flexibility index (Phi) is 3.02. The van der Waals surface area contributed by atoms with E-state index in [2.05, 4.69) is 4.98 Å². The van der Waals surface area contributed by atoms with Crippen LogP contribution in [-0.2, 0) is 6.18 Å². The van der Waals surface area contributed by atoms with Crippen molar-refractivity contribution in [1.82, 2.24) is 9.55 Å². The molecule has 2 rings (SSSR count). The van der Waals surface area contributed by atoms with Gasteiger partial charge in [0, 0.05) is 11.9 Å². The lowest BCUT2D eigenvalue weighted by Gasteiger charge is -2.11. The zero-order valence-corrected chi connectivity index (χ0v) is 9.99. The summed E-state index contributed by atoms with van der Waals surface area (Å²) in [6, 6.07) is 2.22. The third-order valence-electron chi connectivity index (χ3n) is 2.47. The average Bonchev–Trinajstić information content (AvgIpc) is 2.58. The predicted octanol–water partition coefficient (Wildman–Crippen LogP) is 4.00. The van der Waals surface area contributed by atoms with Crippen molar-refractivity contribution in [2.24, 2.45) is 0 Å². The Hall–Kier alpha value is -1.63. The SMILES string of the molecule is Cc1c[nH]c(=S)n1-c1cc(C(F)(F)F)ccc1F. The van der Waals surface area contributed by atoms with E-state index >= 15 is 0 Å². The van der Waals surface area contributed by atoms with E-state index in [4.69, 9.17) is 12.2 Å². The number of benzene rings is 1. The number of halogens is 4. The monoisotopic (exact) mass is 276 g/mol. The smallest absolute Gasteiger partial charge is 0.337 e. The molecule has 0 aliphatic rings. The van der Waals surface area contributed by atoms with Gasteiger partial charge in [0.25, 0.3) is 0 Å². The molecule has 96 valence electrons. The van der Waals surface area contributed by atoms with Crippen molar-refractivity contribution in [3.63, 3.8) is 0 Å². The topological polar surface area (TPSA) is 20.7 Å². The summed E-state index contributed by atoms with van der Waals surface area (Å²) in [5.41, 5.74) is -0.604. The third kappa shape index (κ3) is 2.17. The molecule has 0 saturated heterocycles. The van der Waals surface area contributed by atoms with Gasteiger partial charge in [-0.05, 0) is 37.3 Å². The molecule has 0 atom stereocenters. The molecule has 2 nitrogen and oxygen atoms in total. The zero-order valence-electron chi connectivity index (χ0n) is 9.18. The van der Waals surface area contributed by atoms with Crippen molar-refractivity contribution >= 4 is 12.2 Å². The van der Waals surface area contributed by atoms with Crippen LogP contribution in [0.5, 0.6) is 0 Å². The quantitative estimate of drug-likeness (QED) is 0.616. The van der Waals surface area contributed by atoms with Crippen LogP contribution in [0, 0.1) is 17.5 Å². The van der Waals surface area contributed by atoms with Crippen molar-refractivity contribution in [1.29, 1.82) is 0 Å². The maximum Gasteiger partial charge on any atom is 0.416 e. The first-order chi connectivity index (χ1) is 8.30. The van der Waals surface area contributed by atoms with Gasteiger partial charge in [-0.2, -0.15) is 13.2 Å². The first-order valence-electron chi connectivity index (χ1n) is 4.95. The predicted molar refractivity (Wildman–Crippen MR) is 60.7 cm³/mol. The van der Waals surface area contributed by atoms with Gasteiger partial charge < -0.3 is 4.98 Å². The Bertz CT molecular complexity index is 639. The molecular formula is C11H8F4N2S. The summed E-state index contributed by atoms with van der Waals surface area (Å²) in [6.07, 6.45) is -3.02. The number of imidazole rings is 1. The maximum atomic E-state index is 13.6. The second-order valence-electron chi connectivity index (χ2n) is 3.73. The largest absolute Gasteiger partial charge is 0.416 e. The molecule has 0 unspecified atom stereocenters. The Labute approximate surface area is 105 Å². The molecule has 0 amide bonds. The summed E-state index contributed by atoms with van der Waals surface area (Å²) in [6.45, 7) is 1.62. The molecular weight excluding hydrogens is 268 g/mol. The molecule has 1 aromatic heterocycles. The van der Waals surface area contributed by atoms with Crippen molar-refractivity contribution in [2.75, 3.05) is 0 Å². The lowest BCUT2D eigenvalue weighted by atomic mass is 10.2. The highest BCUT2D eigenvalue weighted by Gasteiger charge is 2.31. The maximum absolute atomic E-state index is 13.6. The molecule has 0 aliphatic heterocycles. The first kappa shape index (κ1) is 12.8. The van der Waals surface area contributed by atoms with Crippen LogP contribution in [0.2, 0.25) is 0 Å². The molecule has 0 aliphatic carbocycles. The fourth-order valence-electron chi connectivity index (χ4n) is 1.62. The van der Waals surface area contributed by atoms with Gasteiger partial charge in [-0.1, -0.05) is 0 Å². The van der Waals surface area contributed by atoms with Gasteiger partial charge in [0.1, 0.15) is 5.82 Å².